The Bertz CT molecular complexity index is 1440. The van der Waals surface area contributed by atoms with Crippen molar-refractivity contribution in [2.75, 3.05) is 19.8 Å². The van der Waals surface area contributed by atoms with Gasteiger partial charge in [-0.2, -0.15) is 0 Å². The smallest absolute Gasteiger partial charge is 0.347 e. The lowest BCUT2D eigenvalue weighted by Crippen LogP contribution is -2.18. The molecule has 4 rings (SSSR count). The Hall–Kier alpha value is -5.18. The standard InChI is InChI=1S/C33H30O9/c1-2-30(34)39-20-19-38-26-16-13-24(14-17-26)32(36)42-29-18-15-25(31(35)40-22-23-9-5-3-6-10-23)21-28(29)33(37)41-27-11-7-4-8-12-27/h2-5,7-8,11-18,21,23H,1,6,9-10,19-20,22H2. The van der Waals surface area contributed by atoms with Crippen LogP contribution in [0.25, 0.3) is 0 Å². The SMILES string of the molecule is C=CC(=O)OCCOc1ccc(C(=O)Oc2ccc(C(=O)OCC3CC=CCC3)cc2C(=O)Oc2ccccc2)cc1. The molecule has 1 aliphatic carbocycles. The van der Waals surface area contributed by atoms with Crippen LogP contribution in [-0.4, -0.2) is 43.7 Å². The van der Waals surface area contributed by atoms with Crippen LogP contribution in [0.2, 0.25) is 0 Å². The molecule has 0 radical (unpaired) electrons. The van der Waals surface area contributed by atoms with Gasteiger partial charge >= 0.3 is 23.9 Å². The van der Waals surface area contributed by atoms with Gasteiger partial charge in [0.1, 0.15) is 36.0 Å². The number of hydrogen-bond donors (Lipinski definition) is 0. The Kier molecular flexibility index (Phi) is 10.6. The third-order valence-corrected chi connectivity index (χ3v) is 6.27. The predicted octanol–water partition coefficient (Wildman–Crippen LogP) is 5.75. The van der Waals surface area contributed by atoms with Crippen molar-refractivity contribution in [3.8, 4) is 17.2 Å². The van der Waals surface area contributed by atoms with E-state index in [1.54, 1.807) is 42.5 Å². The van der Waals surface area contributed by atoms with E-state index in [0.29, 0.717) is 5.75 Å². The first-order valence-electron chi connectivity index (χ1n) is 13.4. The van der Waals surface area contributed by atoms with Gasteiger partial charge in [-0.1, -0.05) is 36.9 Å². The van der Waals surface area contributed by atoms with Gasteiger partial charge in [0.25, 0.3) is 0 Å². The Morgan fingerprint density at radius 2 is 1.52 bits per heavy atom. The van der Waals surface area contributed by atoms with Gasteiger partial charge in [-0.15, -0.1) is 0 Å². The van der Waals surface area contributed by atoms with E-state index in [9.17, 15) is 19.2 Å². The van der Waals surface area contributed by atoms with Crippen LogP contribution >= 0.6 is 0 Å². The molecule has 3 aromatic rings. The minimum Gasteiger partial charge on any atom is -0.490 e. The highest BCUT2D eigenvalue weighted by Crippen LogP contribution is 2.26. The van der Waals surface area contributed by atoms with E-state index >= 15 is 0 Å². The summed E-state index contributed by atoms with van der Waals surface area (Å²) in [6.07, 6.45) is 7.97. The van der Waals surface area contributed by atoms with Crippen LogP contribution < -0.4 is 14.2 Å². The van der Waals surface area contributed by atoms with Gasteiger partial charge in [0.15, 0.2) is 0 Å². The van der Waals surface area contributed by atoms with Crippen molar-refractivity contribution in [1.82, 2.24) is 0 Å². The fraction of sp³-hybridized carbons (Fsp3) is 0.212. The molecule has 0 bridgehead atoms. The van der Waals surface area contributed by atoms with E-state index in [0.717, 1.165) is 25.3 Å². The number of benzene rings is 3. The van der Waals surface area contributed by atoms with Crippen molar-refractivity contribution in [3.63, 3.8) is 0 Å². The summed E-state index contributed by atoms with van der Waals surface area (Å²) >= 11 is 0. The molecule has 216 valence electrons. The molecule has 0 aliphatic heterocycles. The number of esters is 4. The molecule has 0 heterocycles. The van der Waals surface area contributed by atoms with Crippen LogP contribution in [0.1, 0.15) is 50.3 Å². The summed E-state index contributed by atoms with van der Waals surface area (Å²) in [6, 6.07) is 18.6. The molecule has 0 saturated carbocycles. The molecular formula is C33H30O9. The molecule has 1 unspecified atom stereocenters. The maximum absolute atomic E-state index is 13.1. The van der Waals surface area contributed by atoms with Crippen LogP contribution in [0.3, 0.4) is 0 Å². The summed E-state index contributed by atoms with van der Waals surface area (Å²) in [6.45, 7) is 3.74. The van der Waals surface area contributed by atoms with Crippen molar-refractivity contribution in [3.05, 3.63) is 114 Å². The highest BCUT2D eigenvalue weighted by molar-refractivity contribution is 6.00. The molecule has 0 fully saturated rings. The topological polar surface area (TPSA) is 114 Å². The molecule has 42 heavy (non-hydrogen) atoms. The minimum absolute atomic E-state index is 0.0397. The van der Waals surface area contributed by atoms with Crippen molar-refractivity contribution in [2.45, 2.75) is 19.3 Å². The van der Waals surface area contributed by atoms with E-state index in [4.69, 9.17) is 23.7 Å². The summed E-state index contributed by atoms with van der Waals surface area (Å²) in [5.41, 5.74) is 0.200. The number of hydrogen-bond acceptors (Lipinski definition) is 9. The van der Waals surface area contributed by atoms with Crippen molar-refractivity contribution in [2.24, 2.45) is 5.92 Å². The maximum atomic E-state index is 13.1. The average molecular weight is 571 g/mol. The second kappa shape index (κ2) is 15.0. The molecule has 9 heteroatoms. The van der Waals surface area contributed by atoms with Crippen LogP contribution in [0, 0.1) is 5.92 Å². The van der Waals surface area contributed by atoms with Gasteiger partial charge < -0.3 is 23.7 Å². The Balaban J connectivity index is 1.46. The number of carbonyl (C=O) groups excluding carboxylic acids is 4. The predicted molar refractivity (Wildman–Crippen MR) is 153 cm³/mol. The molecule has 0 spiro atoms. The summed E-state index contributed by atoms with van der Waals surface area (Å²) in [4.78, 5) is 50.0. The molecule has 3 aromatic carbocycles. The molecule has 0 aromatic heterocycles. The molecule has 9 nitrogen and oxygen atoms in total. The average Bonchev–Trinajstić information content (AvgIpc) is 3.03. The lowest BCUT2D eigenvalue weighted by atomic mass is 9.95. The van der Waals surface area contributed by atoms with Crippen LogP contribution in [-0.2, 0) is 14.3 Å². The summed E-state index contributed by atoms with van der Waals surface area (Å²) in [5.74, 6) is -1.80. The van der Waals surface area contributed by atoms with Crippen molar-refractivity contribution < 1.29 is 42.9 Å². The fourth-order valence-corrected chi connectivity index (χ4v) is 4.05. The number of allylic oxidation sites excluding steroid dienone is 2. The summed E-state index contributed by atoms with van der Waals surface area (Å²) in [7, 11) is 0. The number of para-hydroxylation sites is 1. The van der Waals surface area contributed by atoms with Crippen LogP contribution in [0.5, 0.6) is 17.2 Å². The molecule has 1 aliphatic rings. The monoisotopic (exact) mass is 570 g/mol. The van der Waals surface area contributed by atoms with Gasteiger partial charge in [0.2, 0.25) is 0 Å². The van der Waals surface area contributed by atoms with E-state index in [1.807, 2.05) is 0 Å². The maximum Gasteiger partial charge on any atom is 0.347 e. The zero-order valence-corrected chi connectivity index (χ0v) is 22.9. The summed E-state index contributed by atoms with van der Waals surface area (Å²) in [5, 5.41) is 0. The Labute approximate surface area is 243 Å². The first kappa shape index (κ1) is 29.8. The zero-order chi connectivity index (χ0) is 29.7. The van der Waals surface area contributed by atoms with Crippen LogP contribution in [0.4, 0.5) is 0 Å². The van der Waals surface area contributed by atoms with E-state index in [1.165, 1.54) is 30.3 Å². The van der Waals surface area contributed by atoms with Gasteiger partial charge in [-0.05, 0) is 79.8 Å². The van der Waals surface area contributed by atoms with Gasteiger partial charge in [-0.25, -0.2) is 19.2 Å². The second-order valence-corrected chi connectivity index (χ2v) is 9.30. The molecular weight excluding hydrogens is 540 g/mol. The lowest BCUT2D eigenvalue weighted by molar-refractivity contribution is -0.138. The zero-order valence-electron chi connectivity index (χ0n) is 22.9. The quantitative estimate of drug-likeness (QED) is 0.0883. The normalized spacial score (nSPS) is 13.9. The van der Waals surface area contributed by atoms with E-state index in [2.05, 4.69) is 18.7 Å². The van der Waals surface area contributed by atoms with E-state index < -0.39 is 23.9 Å². The highest BCUT2D eigenvalue weighted by atomic mass is 16.6. The lowest BCUT2D eigenvalue weighted by Gasteiger charge is -2.17. The number of ether oxygens (including phenoxy) is 5. The van der Waals surface area contributed by atoms with Gasteiger partial charge in [-0.3, -0.25) is 0 Å². The Morgan fingerprint density at radius 3 is 2.24 bits per heavy atom. The fourth-order valence-electron chi connectivity index (χ4n) is 4.05. The van der Waals surface area contributed by atoms with E-state index in [-0.39, 0.29) is 53.9 Å². The van der Waals surface area contributed by atoms with Crippen molar-refractivity contribution >= 4 is 23.9 Å². The number of rotatable bonds is 12. The Morgan fingerprint density at radius 1 is 0.762 bits per heavy atom. The second-order valence-electron chi connectivity index (χ2n) is 9.30. The van der Waals surface area contributed by atoms with Gasteiger partial charge in [0, 0.05) is 6.08 Å². The molecule has 0 N–H and O–H groups in total. The van der Waals surface area contributed by atoms with Gasteiger partial charge in [0.05, 0.1) is 17.7 Å². The largest absolute Gasteiger partial charge is 0.490 e. The van der Waals surface area contributed by atoms with Crippen molar-refractivity contribution in [1.29, 1.82) is 0 Å². The first-order chi connectivity index (χ1) is 20.4. The molecule has 0 saturated heterocycles. The summed E-state index contributed by atoms with van der Waals surface area (Å²) < 4.78 is 26.8. The molecule has 0 amide bonds. The third kappa shape index (κ3) is 8.66. The molecule has 1 atom stereocenters. The number of carbonyl (C=O) groups is 4. The first-order valence-corrected chi connectivity index (χ1v) is 13.4. The van der Waals surface area contributed by atoms with Crippen LogP contribution in [0.15, 0.2) is 97.6 Å². The highest BCUT2D eigenvalue weighted by Gasteiger charge is 2.22. The third-order valence-electron chi connectivity index (χ3n) is 6.27. The minimum atomic E-state index is -0.808.